The summed E-state index contributed by atoms with van der Waals surface area (Å²) in [5.41, 5.74) is -3.45. The molecule has 0 aromatic heterocycles. The first kappa shape index (κ1) is 20.5. The van der Waals surface area contributed by atoms with Crippen LogP contribution >= 0.6 is 12.6 Å². The molecule has 1 aliphatic heterocycles. The molecule has 5 unspecified atom stereocenters. The van der Waals surface area contributed by atoms with Crippen molar-refractivity contribution in [3.63, 3.8) is 0 Å². The molecule has 1 aliphatic carbocycles. The van der Waals surface area contributed by atoms with Crippen LogP contribution in [-0.2, 0) is 9.59 Å². The third-order valence-corrected chi connectivity index (χ3v) is 6.29. The van der Waals surface area contributed by atoms with E-state index in [-0.39, 0.29) is 11.8 Å². The fourth-order valence-electron chi connectivity index (χ4n) is 4.32. The van der Waals surface area contributed by atoms with Gasteiger partial charge in [-0.3, -0.25) is 9.59 Å². The number of aliphatic hydroxyl groups is 2. The molecule has 2 rings (SSSR count). The number of unbranched alkanes of at least 4 members (excludes halogenated alkanes) is 3. The molecule has 0 aromatic rings. The summed E-state index contributed by atoms with van der Waals surface area (Å²) < 4.78 is 0. The van der Waals surface area contributed by atoms with Gasteiger partial charge in [-0.1, -0.05) is 44.8 Å². The zero-order valence-electron chi connectivity index (χ0n) is 15.2. The quantitative estimate of drug-likeness (QED) is 0.301. The number of allylic oxidation sites excluding steroid dienone is 1. The van der Waals surface area contributed by atoms with E-state index in [0.29, 0.717) is 12.8 Å². The molecule has 1 heterocycles. The number of rotatable bonds is 8. The van der Waals surface area contributed by atoms with E-state index in [1.807, 2.05) is 12.2 Å². The summed E-state index contributed by atoms with van der Waals surface area (Å²) >= 11 is 3.96. The molecular formula is C19H31NO4S. The number of nitrogens with one attached hydrogen (secondary N) is 1. The van der Waals surface area contributed by atoms with Crippen molar-refractivity contribution in [3.8, 4) is 0 Å². The fraction of sp³-hybridized carbons (Fsp3) is 0.789. The van der Waals surface area contributed by atoms with E-state index in [9.17, 15) is 19.8 Å². The van der Waals surface area contributed by atoms with Gasteiger partial charge in [0.05, 0.1) is 12.0 Å². The van der Waals surface area contributed by atoms with Gasteiger partial charge in [0.15, 0.2) is 5.54 Å². The second kappa shape index (κ2) is 8.23. The summed E-state index contributed by atoms with van der Waals surface area (Å²) in [7, 11) is 0. The zero-order chi connectivity index (χ0) is 18.7. The highest BCUT2D eigenvalue weighted by Gasteiger charge is 2.67. The van der Waals surface area contributed by atoms with Crippen LogP contribution in [0.2, 0.25) is 0 Å². The minimum absolute atomic E-state index is 0.282. The number of amides is 1. The number of carbonyl (C=O) groups is 2. The van der Waals surface area contributed by atoms with Crippen LogP contribution in [-0.4, -0.2) is 38.5 Å². The Hall–Kier alpha value is -0.850. The van der Waals surface area contributed by atoms with E-state index in [4.69, 9.17) is 0 Å². The predicted octanol–water partition coefficient (Wildman–Crippen LogP) is 2.37. The zero-order valence-corrected chi connectivity index (χ0v) is 16.1. The van der Waals surface area contributed by atoms with E-state index in [1.165, 1.54) is 6.92 Å². The summed E-state index contributed by atoms with van der Waals surface area (Å²) in [6, 6.07) is 0. The summed E-state index contributed by atoms with van der Waals surface area (Å²) in [5, 5.41) is 24.2. The molecule has 142 valence electrons. The van der Waals surface area contributed by atoms with Gasteiger partial charge in [0.2, 0.25) is 11.0 Å². The van der Waals surface area contributed by atoms with Gasteiger partial charge >= 0.3 is 0 Å². The number of hydrogen-bond acceptors (Lipinski definition) is 4. The molecule has 5 nitrogen and oxygen atoms in total. The van der Waals surface area contributed by atoms with Gasteiger partial charge in [-0.15, -0.1) is 12.6 Å². The normalized spacial score (nSPS) is 36.3. The van der Waals surface area contributed by atoms with Gasteiger partial charge in [-0.25, -0.2) is 0 Å². The smallest absolute Gasteiger partial charge is 0.227 e. The third-order valence-electron chi connectivity index (χ3n) is 5.94. The lowest BCUT2D eigenvalue weighted by atomic mass is 9.68. The molecule has 6 heteroatoms. The van der Waals surface area contributed by atoms with Crippen molar-refractivity contribution < 1.29 is 19.8 Å². The van der Waals surface area contributed by atoms with E-state index in [1.54, 1.807) is 0 Å². The van der Waals surface area contributed by atoms with Crippen molar-refractivity contribution in [2.75, 3.05) is 0 Å². The lowest BCUT2D eigenvalue weighted by Gasteiger charge is -2.44. The molecule has 0 bridgehead atoms. The molecule has 25 heavy (non-hydrogen) atoms. The molecule has 5 atom stereocenters. The maximum Gasteiger partial charge on any atom is 0.227 e. The van der Waals surface area contributed by atoms with Crippen LogP contribution in [0, 0.1) is 11.8 Å². The minimum atomic E-state index is -1.77. The molecule has 0 saturated carbocycles. The van der Waals surface area contributed by atoms with E-state index < -0.39 is 28.3 Å². The van der Waals surface area contributed by atoms with Crippen molar-refractivity contribution in [2.45, 2.75) is 82.5 Å². The topological polar surface area (TPSA) is 86.6 Å². The number of carbonyl (C=O) groups excluding carboxylic acids is 2. The highest BCUT2D eigenvalue weighted by molar-refractivity contribution is 7.96. The van der Waals surface area contributed by atoms with Crippen molar-refractivity contribution in [2.24, 2.45) is 11.8 Å². The molecular weight excluding hydrogens is 338 g/mol. The summed E-state index contributed by atoms with van der Waals surface area (Å²) in [4.78, 5) is 25.0. The Kier molecular flexibility index (Phi) is 6.74. The standard InChI is InChI=1S/C19H31NO4S/c1-3-4-5-9-12-14-16(22)20-19(17(23)25,18(14,2)24)15(21)13-10-7-6-8-11-13/h7,10,13-15,21,24H,3-6,8-9,11-12H2,1-2H3,(H,20,22)(H,23,25). The average Bonchev–Trinajstić information content (AvgIpc) is 2.79. The molecule has 1 fully saturated rings. The monoisotopic (exact) mass is 369 g/mol. The van der Waals surface area contributed by atoms with Crippen LogP contribution in [0.4, 0.5) is 0 Å². The second-order valence-electron chi connectivity index (χ2n) is 7.62. The van der Waals surface area contributed by atoms with Crippen molar-refractivity contribution in [1.82, 2.24) is 5.32 Å². The average molecular weight is 370 g/mol. The summed E-state index contributed by atoms with van der Waals surface area (Å²) in [6.07, 6.45) is 9.65. The molecule has 0 radical (unpaired) electrons. The van der Waals surface area contributed by atoms with E-state index in [0.717, 1.165) is 38.5 Å². The maximum absolute atomic E-state index is 12.6. The lowest BCUT2D eigenvalue weighted by Crippen LogP contribution is -2.69. The molecule has 3 N–H and O–H groups in total. The fourth-order valence-corrected chi connectivity index (χ4v) is 4.73. The Bertz CT molecular complexity index is 534. The van der Waals surface area contributed by atoms with Gasteiger partial charge < -0.3 is 15.5 Å². The largest absolute Gasteiger partial charge is 0.389 e. The molecule has 1 amide bonds. The second-order valence-corrected chi connectivity index (χ2v) is 8.03. The molecule has 0 aromatic carbocycles. The van der Waals surface area contributed by atoms with Gasteiger partial charge in [-0.05, 0) is 32.6 Å². The van der Waals surface area contributed by atoms with Gasteiger partial charge in [0.1, 0.15) is 5.60 Å². The summed E-state index contributed by atoms with van der Waals surface area (Å²) in [5.74, 6) is -1.37. The van der Waals surface area contributed by atoms with Crippen molar-refractivity contribution >= 4 is 23.7 Å². The van der Waals surface area contributed by atoms with Crippen LogP contribution in [0.5, 0.6) is 0 Å². The van der Waals surface area contributed by atoms with E-state index >= 15 is 0 Å². The molecule has 1 saturated heterocycles. The number of thiol groups is 1. The Morgan fingerprint density at radius 2 is 2.16 bits per heavy atom. The minimum Gasteiger partial charge on any atom is -0.389 e. The first-order valence-electron chi connectivity index (χ1n) is 9.41. The summed E-state index contributed by atoms with van der Waals surface area (Å²) in [6.45, 7) is 3.59. The number of aliphatic hydroxyl groups excluding tert-OH is 1. The van der Waals surface area contributed by atoms with Crippen molar-refractivity contribution in [3.05, 3.63) is 12.2 Å². The van der Waals surface area contributed by atoms with E-state index in [2.05, 4.69) is 24.9 Å². The van der Waals surface area contributed by atoms with Crippen LogP contribution in [0.1, 0.15) is 65.2 Å². The van der Waals surface area contributed by atoms with Crippen LogP contribution in [0.15, 0.2) is 12.2 Å². The Morgan fingerprint density at radius 3 is 2.72 bits per heavy atom. The van der Waals surface area contributed by atoms with Gasteiger partial charge in [0.25, 0.3) is 0 Å². The van der Waals surface area contributed by atoms with Gasteiger partial charge in [-0.2, -0.15) is 0 Å². The van der Waals surface area contributed by atoms with Crippen molar-refractivity contribution in [1.29, 1.82) is 0 Å². The molecule has 0 spiro atoms. The first-order valence-corrected chi connectivity index (χ1v) is 9.86. The highest BCUT2D eigenvalue weighted by Crippen LogP contribution is 2.45. The number of hydrogen-bond donors (Lipinski definition) is 4. The maximum atomic E-state index is 12.6. The predicted molar refractivity (Wildman–Crippen MR) is 100 cm³/mol. The Morgan fingerprint density at radius 1 is 1.44 bits per heavy atom. The van der Waals surface area contributed by atoms with Crippen LogP contribution in [0.25, 0.3) is 0 Å². The molecule has 2 aliphatic rings. The Labute approximate surface area is 155 Å². The lowest BCUT2D eigenvalue weighted by molar-refractivity contribution is -0.142. The highest BCUT2D eigenvalue weighted by atomic mass is 32.1. The first-order chi connectivity index (χ1) is 11.8. The third kappa shape index (κ3) is 3.67. The van der Waals surface area contributed by atoms with Gasteiger partial charge in [0, 0.05) is 5.92 Å². The van der Waals surface area contributed by atoms with Crippen LogP contribution in [0.3, 0.4) is 0 Å². The SMILES string of the molecule is CCCCCCC1C(=O)NC(C(=O)S)(C(O)C2C=CCCC2)C1(C)O. The Balaban J connectivity index is 2.27. The van der Waals surface area contributed by atoms with Crippen LogP contribution < -0.4 is 5.32 Å².